The molecule has 1 heterocycles. The molecule has 0 saturated heterocycles. The SMILES string of the molecule is Cc1nc(Cl)cc(Nc2c(F)c(F)cc(F)c2F)n1. The Labute approximate surface area is 110 Å². The van der Waals surface area contributed by atoms with Crippen LogP contribution in [0.3, 0.4) is 0 Å². The molecule has 19 heavy (non-hydrogen) atoms. The Bertz CT molecular complexity index is 602. The topological polar surface area (TPSA) is 37.8 Å². The van der Waals surface area contributed by atoms with E-state index in [1.165, 1.54) is 6.92 Å². The lowest BCUT2D eigenvalue weighted by Gasteiger charge is -2.09. The number of nitrogens with one attached hydrogen (secondary N) is 1. The van der Waals surface area contributed by atoms with Crippen LogP contribution in [0.25, 0.3) is 0 Å². The molecular weight excluding hydrogens is 286 g/mol. The zero-order valence-electron chi connectivity index (χ0n) is 9.44. The first-order valence-corrected chi connectivity index (χ1v) is 5.37. The second-order valence-corrected chi connectivity index (χ2v) is 3.98. The molecule has 0 aliphatic rings. The highest BCUT2D eigenvalue weighted by atomic mass is 35.5. The molecule has 0 amide bonds. The molecule has 2 aromatic rings. The summed E-state index contributed by atoms with van der Waals surface area (Å²) >= 11 is 5.63. The molecule has 0 saturated carbocycles. The van der Waals surface area contributed by atoms with Crippen molar-refractivity contribution in [1.29, 1.82) is 0 Å². The summed E-state index contributed by atoms with van der Waals surface area (Å²) in [5, 5.41) is 2.16. The molecule has 1 N–H and O–H groups in total. The summed E-state index contributed by atoms with van der Waals surface area (Å²) < 4.78 is 52.8. The number of hydrogen-bond acceptors (Lipinski definition) is 3. The maximum Gasteiger partial charge on any atom is 0.185 e. The Hall–Kier alpha value is -1.89. The van der Waals surface area contributed by atoms with Crippen LogP contribution in [-0.2, 0) is 0 Å². The second kappa shape index (κ2) is 5.00. The van der Waals surface area contributed by atoms with Crippen molar-refractivity contribution in [3.8, 4) is 0 Å². The molecule has 1 aromatic heterocycles. The fourth-order valence-electron chi connectivity index (χ4n) is 1.41. The standard InChI is InChI=1S/C11H6ClF4N3/c1-4-17-7(12)3-8(18-4)19-11-9(15)5(13)2-6(14)10(11)16/h2-3H,1H3,(H,17,18,19). The molecule has 0 aliphatic carbocycles. The largest absolute Gasteiger partial charge is 0.335 e. The van der Waals surface area contributed by atoms with Gasteiger partial charge < -0.3 is 5.32 Å². The molecular formula is C11H6ClF4N3. The number of rotatable bonds is 2. The normalized spacial score (nSPS) is 10.6. The highest BCUT2D eigenvalue weighted by Crippen LogP contribution is 2.27. The van der Waals surface area contributed by atoms with Gasteiger partial charge in [0.1, 0.15) is 22.5 Å². The Kier molecular flexibility index (Phi) is 3.57. The predicted molar refractivity (Wildman–Crippen MR) is 61.3 cm³/mol. The number of nitrogens with zero attached hydrogens (tertiary/aromatic N) is 2. The molecule has 1 aromatic carbocycles. The third-order valence-corrected chi connectivity index (χ3v) is 2.37. The first kappa shape index (κ1) is 13.5. The molecule has 2 rings (SSSR count). The Balaban J connectivity index is 2.49. The van der Waals surface area contributed by atoms with E-state index in [-0.39, 0.29) is 22.9 Å². The zero-order valence-corrected chi connectivity index (χ0v) is 10.2. The van der Waals surface area contributed by atoms with Gasteiger partial charge in [-0.25, -0.2) is 27.5 Å². The van der Waals surface area contributed by atoms with Gasteiger partial charge >= 0.3 is 0 Å². The van der Waals surface area contributed by atoms with Crippen molar-refractivity contribution in [1.82, 2.24) is 9.97 Å². The zero-order chi connectivity index (χ0) is 14.2. The van der Waals surface area contributed by atoms with Gasteiger partial charge in [0, 0.05) is 12.1 Å². The summed E-state index contributed by atoms with van der Waals surface area (Å²) in [6.07, 6.45) is 0. The van der Waals surface area contributed by atoms with Crippen LogP contribution < -0.4 is 5.32 Å². The molecule has 0 bridgehead atoms. The molecule has 0 atom stereocenters. The lowest BCUT2D eigenvalue weighted by Crippen LogP contribution is -2.05. The van der Waals surface area contributed by atoms with E-state index in [1.54, 1.807) is 0 Å². The quantitative estimate of drug-likeness (QED) is 0.520. The van der Waals surface area contributed by atoms with Crippen molar-refractivity contribution in [2.24, 2.45) is 0 Å². The average molecular weight is 292 g/mol. The molecule has 0 aliphatic heterocycles. The van der Waals surface area contributed by atoms with Crippen molar-refractivity contribution in [3.63, 3.8) is 0 Å². The minimum Gasteiger partial charge on any atom is -0.335 e. The van der Waals surface area contributed by atoms with E-state index in [9.17, 15) is 17.6 Å². The fraction of sp³-hybridized carbons (Fsp3) is 0.0909. The fourth-order valence-corrected chi connectivity index (χ4v) is 1.63. The van der Waals surface area contributed by atoms with Crippen molar-refractivity contribution >= 4 is 23.1 Å². The van der Waals surface area contributed by atoms with Crippen LogP contribution in [0.15, 0.2) is 12.1 Å². The number of aromatic nitrogens is 2. The van der Waals surface area contributed by atoms with Crippen LogP contribution in [0.2, 0.25) is 5.15 Å². The van der Waals surface area contributed by atoms with Crippen LogP contribution >= 0.6 is 11.6 Å². The van der Waals surface area contributed by atoms with E-state index in [0.717, 1.165) is 6.07 Å². The van der Waals surface area contributed by atoms with Gasteiger partial charge in [-0.2, -0.15) is 0 Å². The van der Waals surface area contributed by atoms with Crippen LogP contribution in [0.1, 0.15) is 5.82 Å². The smallest absolute Gasteiger partial charge is 0.185 e. The third kappa shape index (κ3) is 2.76. The number of anilines is 2. The summed E-state index contributed by atoms with van der Waals surface area (Å²) in [5.74, 6) is -5.98. The maximum atomic E-state index is 13.4. The molecule has 0 radical (unpaired) electrons. The van der Waals surface area contributed by atoms with Crippen molar-refractivity contribution < 1.29 is 17.6 Å². The van der Waals surface area contributed by atoms with Crippen LogP contribution in [0, 0.1) is 30.2 Å². The number of halogens is 5. The van der Waals surface area contributed by atoms with Crippen molar-refractivity contribution in [2.75, 3.05) is 5.32 Å². The van der Waals surface area contributed by atoms with Crippen molar-refractivity contribution in [2.45, 2.75) is 6.92 Å². The molecule has 8 heteroatoms. The first-order valence-electron chi connectivity index (χ1n) is 4.99. The van der Waals surface area contributed by atoms with Gasteiger partial charge in [-0.15, -0.1) is 0 Å². The van der Waals surface area contributed by atoms with Gasteiger partial charge in [-0.1, -0.05) is 11.6 Å². The summed E-state index contributed by atoms with van der Waals surface area (Å²) in [4.78, 5) is 7.52. The Morgan fingerprint density at radius 2 is 1.58 bits per heavy atom. The van der Waals surface area contributed by atoms with E-state index in [1.807, 2.05) is 0 Å². The Morgan fingerprint density at radius 3 is 2.11 bits per heavy atom. The lowest BCUT2D eigenvalue weighted by molar-refractivity contribution is 0.459. The highest BCUT2D eigenvalue weighted by molar-refractivity contribution is 6.29. The van der Waals surface area contributed by atoms with E-state index >= 15 is 0 Å². The maximum absolute atomic E-state index is 13.4. The van der Waals surface area contributed by atoms with E-state index < -0.39 is 29.0 Å². The molecule has 100 valence electrons. The summed E-state index contributed by atoms with van der Waals surface area (Å²) in [7, 11) is 0. The predicted octanol–water partition coefficient (Wildman–Crippen LogP) is 3.74. The average Bonchev–Trinajstić information content (AvgIpc) is 2.31. The molecule has 3 nitrogen and oxygen atoms in total. The number of aryl methyl sites for hydroxylation is 1. The molecule has 0 spiro atoms. The van der Waals surface area contributed by atoms with Gasteiger partial charge in [-0.3, -0.25) is 0 Å². The molecule has 0 unspecified atom stereocenters. The summed E-state index contributed by atoms with van der Waals surface area (Å²) in [5.41, 5.74) is -0.980. The van der Waals surface area contributed by atoms with E-state index in [2.05, 4.69) is 15.3 Å². The van der Waals surface area contributed by atoms with Crippen LogP contribution in [-0.4, -0.2) is 9.97 Å². The van der Waals surface area contributed by atoms with E-state index in [4.69, 9.17) is 11.6 Å². The van der Waals surface area contributed by atoms with Crippen molar-refractivity contribution in [3.05, 3.63) is 46.4 Å². The minimum atomic E-state index is -1.55. The Morgan fingerprint density at radius 1 is 1.00 bits per heavy atom. The second-order valence-electron chi connectivity index (χ2n) is 3.59. The van der Waals surface area contributed by atoms with Gasteiger partial charge in [-0.05, 0) is 6.92 Å². The number of benzene rings is 1. The third-order valence-electron chi connectivity index (χ3n) is 2.17. The lowest BCUT2D eigenvalue weighted by atomic mass is 10.2. The van der Waals surface area contributed by atoms with Crippen LogP contribution in [0.5, 0.6) is 0 Å². The monoisotopic (exact) mass is 291 g/mol. The summed E-state index contributed by atoms with van der Waals surface area (Å²) in [6.45, 7) is 1.50. The molecule has 0 fully saturated rings. The van der Waals surface area contributed by atoms with Gasteiger partial charge in [0.15, 0.2) is 23.3 Å². The van der Waals surface area contributed by atoms with Gasteiger partial charge in [0.25, 0.3) is 0 Å². The highest BCUT2D eigenvalue weighted by Gasteiger charge is 2.19. The minimum absolute atomic E-state index is 0.0210. The van der Waals surface area contributed by atoms with Gasteiger partial charge in [0.05, 0.1) is 0 Å². The number of hydrogen-bond donors (Lipinski definition) is 1. The first-order chi connectivity index (χ1) is 8.88. The van der Waals surface area contributed by atoms with E-state index in [0.29, 0.717) is 0 Å². The summed E-state index contributed by atoms with van der Waals surface area (Å²) in [6, 6.07) is 1.28. The van der Waals surface area contributed by atoms with Gasteiger partial charge in [0.2, 0.25) is 0 Å². The van der Waals surface area contributed by atoms with Crippen LogP contribution in [0.4, 0.5) is 29.1 Å².